The van der Waals surface area contributed by atoms with Crippen LogP contribution in [0.4, 0.5) is 5.69 Å². The number of hydrogen-bond donors (Lipinski definition) is 3. The van der Waals surface area contributed by atoms with Crippen molar-refractivity contribution in [1.82, 2.24) is 0 Å². The second-order valence-corrected chi connectivity index (χ2v) is 3.88. The van der Waals surface area contributed by atoms with E-state index in [0.29, 0.717) is 18.0 Å². The lowest BCUT2D eigenvalue weighted by Gasteiger charge is -2.10. The fourth-order valence-corrected chi connectivity index (χ4v) is 1.26. The first-order valence-electron chi connectivity index (χ1n) is 5.10. The maximum absolute atomic E-state index is 9.24. The number of anilines is 1. The van der Waals surface area contributed by atoms with Crippen LogP contribution < -0.4 is 15.4 Å². The molecular weight excluding hydrogens is 192 g/mol. The summed E-state index contributed by atoms with van der Waals surface area (Å²) in [6.07, 6.45) is 0.970. The van der Waals surface area contributed by atoms with Gasteiger partial charge in [0, 0.05) is 12.5 Å². The van der Waals surface area contributed by atoms with Gasteiger partial charge in [-0.05, 0) is 12.1 Å². The molecule has 0 fully saturated rings. The number of nitrogen functional groups attached to an aromatic ring is 1. The van der Waals surface area contributed by atoms with E-state index >= 15 is 0 Å². The topological polar surface area (TPSA) is 59.9 Å². The molecule has 4 N–H and O–H groups in total. The Morgan fingerprint density at radius 1 is 1.40 bits per heavy atom. The minimum Gasteiger partial charge on any atom is -0.508 e. The van der Waals surface area contributed by atoms with E-state index in [0.717, 1.165) is 13.0 Å². The Labute approximate surface area is 90.3 Å². The molecule has 1 rings (SSSR count). The monoisotopic (exact) mass is 211 g/mol. The number of aromatic hydroxyl groups is 1. The predicted molar refractivity (Wildman–Crippen MR) is 60.3 cm³/mol. The number of hydrogen-bond acceptors (Lipinski definition) is 3. The number of ether oxygens (including phenoxy) is 1. The van der Waals surface area contributed by atoms with Gasteiger partial charge in [0.25, 0.3) is 0 Å². The fraction of sp³-hybridized carbons (Fsp3) is 0.455. The van der Waals surface area contributed by atoms with E-state index in [2.05, 4.69) is 14.1 Å². The van der Waals surface area contributed by atoms with Crippen LogP contribution >= 0.6 is 0 Å². The van der Waals surface area contributed by atoms with E-state index in [4.69, 9.17) is 10.5 Å². The first-order chi connectivity index (χ1) is 7.09. The van der Waals surface area contributed by atoms with Crippen molar-refractivity contribution in [3.8, 4) is 11.5 Å². The normalized spacial score (nSPS) is 10.6. The minimum atomic E-state index is 0.178. The van der Waals surface area contributed by atoms with Crippen LogP contribution in [0.25, 0.3) is 0 Å². The molecule has 0 amide bonds. The molecule has 0 bridgehead atoms. The third kappa shape index (κ3) is 4.08. The highest BCUT2D eigenvalue weighted by molar-refractivity contribution is 5.55. The van der Waals surface area contributed by atoms with Crippen molar-refractivity contribution in [2.45, 2.75) is 6.42 Å². The van der Waals surface area contributed by atoms with Gasteiger partial charge in [0.2, 0.25) is 0 Å². The van der Waals surface area contributed by atoms with Crippen LogP contribution in [0, 0.1) is 0 Å². The Bertz CT molecular complexity index is 313. The van der Waals surface area contributed by atoms with E-state index in [1.807, 2.05) is 0 Å². The molecule has 1 aromatic carbocycles. The molecule has 1 aromatic rings. The van der Waals surface area contributed by atoms with E-state index in [-0.39, 0.29) is 5.75 Å². The second-order valence-electron chi connectivity index (χ2n) is 3.88. The summed E-state index contributed by atoms with van der Waals surface area (Å²) >= 11 is 0. The van der Waals surface area contributed by atoms with Crippen LogP contribution in [0.1, 0.15) is 6.42 Å². The number of phenols is 1. The van der Waals surface area contributed by atoms with Crippen LogP contribution in [0.15, 0.2) is 18.2 Å². The third-order valence-corrected chi connectivity index (χ3v) is 2.08. The lowest BCUT2D eigenvalue weighted by molar-refractivity contribution is -0.858. The zero-order valence-corrected chi connectivity index (χ0v) is 9.29. The van der Waals surface area contributed by atoms with Crippen LogP contribution in [-0.2, 0) is 0 Å². The van der Waals surface area contributed by atoms with Crippen molar-refractivity contribution in [1.29, 1.82) is 0 Å². The van der Waals surface area contributed by atoms with Crippen molar-refractivity contribution in [3.63, 3.8) is 0 Å². The summed E-state index contributed by atoms with van der Waals surface area (Å²) in [5.74, 6) is 0.737. The zero-order valence-electron chi connectivity index (χ0n) is 9.29. The predicted octanol–water partition coefficient (Wildman–Crippen LogP) is -0.112. The molecule has 4 heteroatoms. The number of rotatable bonds is 5. The Morgan fingerprint density at radius 2 is 2.13 bits per heavy atom. The van der Waals surface area contributed by atoms with Crippen LogP contribution in [0.3, 0.4) is 0 Å². The number of benzene rings is 1. The average Bonchev–Trinajstić information content (AvgIpc) is 2.17. The summed E-state index contributed by atoms with van der Waals surface area (Å²) in [4.78, 5) is 1.39. The zero-order chi connectivity index (χ0) is 11.3. The molecule has 0 aliphatic carbocycles. The molecule has 0 saturated carbocycles. The number of nitrogens with one attached hydrogen (secondary N) is 1. The van der Waals surface area contributed by atoms with Gasteiger partial charge in [-0.2, -0.15) is 0 Å². The van der Waals surface area contributed by atoms with E-state index in [9.17, 15) is 5.11 Å². The van der Waals surface area contributed by atoms with Gasteiger partial charge >= 0.3 is 0 Å². The molecular formula is C11H19N2O2+. The van der Waals surface area contributed by atoms with E-state index < -0.39 is 0 Å². The van der Waals surface area contributed by atoms with Gasteiger partial charge in [0.15, 0.2) is 0 Å². The van der Waals surface area contributed by atoms with Crippen LogP contribution in [0.2, 0.25) is 0 Å². The molecule has 0 aromatic heterocycles. The van der Waals surface area contributed by atoms with Gasteiger partial charge in [-0.3, -0.25) is 0 Å². The van der Waals surface area contributed by atoms with Gasteiger partial charge in [0.1, 0.15) is 11.5 Å². The highest BCUT2D eigenvalue weighted by atomic mass is 16.5. The van der Waals surface area contributed by atoms with Crippen molar-refractivity contribution in [3.05, 3.63) is 18.2 Å². The lowest BCUT2D eigenvalue weighted by Crippen LogP contribution is -3.05. The van der Waals surface area contributed by atoms with Gasteiger partial charge in [-0.1, -0.05) is 0 Å². The minimum absolute atomic E-state index is 0.178. The molecule has 0 atom stereocenters. The molecule has 84 valence electrons. The molecule has 15 heavy (non-hydrogen) atoms. The Kier molecular flexibility index (Phi) is 4.24. The number of quaternary nitrogens is 1. The van der Waals surface area contributed by atoms with Crippen LogP contribution in [-0.4, -0.2) is 32.4 Å². The van der Waals surface area contributed by atoms with Gasteiger partial charge in [-0.25, -0.2) is 0 Å². The molecule has 0 spiro atoms. The summed E-state index contributed by atoms with van der Waals surface area (Å²) in [5, 5.41) is 9.24. The SMILES string of the molecule is C[NH+](C)CCCOc1cc(O)ccc1N. The maximum Gasteiger partial charge on any atom is 0.145 e. The average molecular weight is 211 g/mol. The van der Waals surface area contributed by atoms with E-state index in [1.54, 1.807) is 12.1 Å². The maximum atomic E-state index is 9.24. The van der Waals surface area contributed by atoms with Gasteiger partial charge in [0.05, 0.1) is 32.9 Å². The third-order valence-electron chi connectivity index (χ3n) is 2.08. The van der Waals surface area contributed by atoms with Crippen molar-refractivity contribution in [2.75, 3.05) is 33.0 Å². The lowest BCUT2D eigenvalue weighted by atomic mass is 10.3. The first kappa shape index (κ1) is 11.7. The summed E-state index contributed by atoms with van der Waals surface area (Å²) in [7, 11) is 4.20. The Balaban J connectivity index is 2.40. The first-order valence-corrected chi connectivity index (χ1v) is 5.10. The Hall–Kier alpha value is -1.42. The quantitative estimate of drug-likeness (QED) is 0.362. The molecule has 4 nitrogen and oxygen atoms in total. The van der Waals surface area contributed by atoms with Crippen molar-refractivity contribution in [2.24, 2.45) is 0 Å². The molecule has 0 heterocycles. The molecule has 0 aliphatic heterocycles. The number of phenolic OH excluding ortho intramolecular Hbond substituents is 1. The summed E-state index contributed by atoms with van der Waals surface area (Å²) < 4.78 is 5.47. The largest absolute Gasteiger partial charge is 0.508 e. The fourth-order valence-electron chi connectivity index (χ4n) is 1.26. The van der Waals surface area contributed by atoms with Crippen molar-refractivity contribution < 1.29 is 14.7 Å². The second kappa shape index (κ2) is 5.46. The van der Waals surface area contributed by atoms with Crippen molar-refractivity contribution >= 4 is 5.69 Å². The Morgan fingerprint density at radius 3 is 2.80 bits per heavy atom. The van der Waals surface area contributed by atoms with Crippen LogP contribution in [0.5, 0.6) is 11.5 Å². The number of nitrogens with two attached hydrogens (primary N) is 1. The smallest absolute Gasteiger partial charge is 0.145 e. The standard InChI is InChI=1S/C11H18N2O2/c1-13(2)6-3-7-15-11-8-9(14)4-5-10(11)12/h4-5,8,14H,3,6-7,12H2,1-2H3/p+1. The summed E-state index contributed by atoms with van der Waals surface area (Å²) in [5.41, 5.74) is 6.25. The summed E-state index contributed by atoms with van der Waals surface area (Å²) in [6.45, 7) is 1.68. The van der Waals surface area contributed by atoms with E-state index in [1.165, 1.54) is 11.0 Å². The molecule has 0 saturated heterocycles. The summed E-state index contributed by atoms with van der Waals surface area (Å²) in [6, 6.07) is 4.73. The van der Waals surface area contributed by atoms with Gasteiger partial charge in [-0.15, -0.1) is 0 Å². The molecule has 0 aliphatic rings. The highest BCUT2D eigenvalue weighted by Crippen LogP contribution is 2.25. The molecule has 0 radical (unpaired) electrons. The highest BCUT2D eigenvalue weighted by Gasteiger charge is 2.02. The van der Waals surface area contributed by atoms with Gasteiger partial charge < -0.3 is 20.5 Å². The molecule has 0 unspecified atom stereocenters.